The normalized spacial score (nSPS) is 19.0. The van der Waals surface area contributed by atoms with Crippen LogP contribution in [0.5, 0.6) is 5.75 Å². The van der Waals surface area contributed by atoms with Crippen LogP contribution in [0.2, 0.25) is 0 Å². The summed E-state index contributed by atoms with van der Waals surface area (Å²) in [5.74, 6) is -3.84. The molecule has 0 saturated heterocycles. The smallest absolute Gasteiger partial charge is 0.266 e. The highest BCUT2D eigenvalue weighted by atomic mass is 32.2. The molecule has 1 aromatic heterocycles. The van der Waals surface area contributed by atoms with Crippen LogP contribution in [0, 0.1) is 0 Å². The number of ether oxygens (including phenoxy) is 1. The molecule has 6 N–H and O–H groups in total. The van der Waals surface area contributed by atoms with Crippen molar-refractivity contribution in [2.75, 3.05) is 18.9 Å². The van der Waals surface area contributed by atoms with Crippen molar-refractivity contribution < 1.29 is 41.7 Å². The zero-order valence-electron chi connectivity index (χ0n) is 33.7. The quantitative estimate of drug-likeness (QED) is 0.0796. The molecule has 0 saturated carbocycles. The monoisotopic (exact) mass is 860 g/mol. The lowest BCUT2D eigenvalue weighted by Crippen LogP contribution is -2.59. The maximum atomic E-state index is 14.5. The van der Waals surface area contributed by atoms with Gasteiger partial charge >= 0.3 is 0 Å². The molecule has 5 amide bonds. The van der Waals surface area contributed by atoms with Crippen molar-refractivity contribution in [3.8, 4) is 16.9 Å². The maximum Gasteiger partial charge on any atom is 0.266 e. The number of benzene rings is 4. The van der Waals surface area contributed by atoms with Crippen LogP contribution in [0.4, 0.5) is 0 Å². The standard InChI is InChI=1S/C46H48N6O9S/c53-42-30-61-37-18-13-33(14-19-37)27-39(43(54)48-25-26-62(58,59)60)51-44(55)38(20-15-31-7-3-1-4-8-31)50-46(57)41(52-45(56)40(49-42)29-34-21-23-47-24-22-34)28-32-11-16-36(17-12-32)35-9-5-2-6-10-35/h1-14,16-19,21-24,38-41H,15,20,25-30H2,(H,48,54)(H,49,53)(H,50,57)(H,51,55)(H,52,56)(H,58,59,60)/t38-,39-,40-,41+/m0/s1. The summed E-state index contributed by atoms with van der Waals surface area (Å²) in [6.07, 6.45) is 3.58. The summed E-state index contributed by atoms with van der Waals surface area (Å²) >= 11 is 0. The Morgan fingerprint density at radius 1 is 0.661 bits per heavy atom. The van der Waals surface area contributed by atoms with Crippen LogP contribution in [0.1, 0.15) is 28.7 Å². The maximum absolute atomic E-state index is 14.5. The average molecular weight is 861 g/mol. The van der Waals surface area contributed by atoms with Gasteiger partial charge in [-0.15, -0.1) is 0 Å². The molecule has 3 heterocycles. The van der Waals surface area contributed by atoms with E-state index in [1.165, 1.54) is 0 Å². The van der Waals surface area contributed by atoms with Crippen molar-refractivity contribution in [3.05, 3.63) is 156 Å². The fourth-order valence-corrected chi connectivity index (χ4v) is 7.25. The lowest BCUT2D eigenvalue weighted by atomic mass is 9.98. The second kappa shape index (κ2) is 21.6. The molecule has 0 spiro atoms. The Labute approximate surface area is 359 Å². The Morgan fingerprint density at radius 3 is 1.87 bits per heavy atom. The molecule has 0 aliphatic carbocycles. The summed E-state index contributed by atoms with van der Waals surface area (Å²) in [7, 11) is -4.40. The number of fused-ring (bicyclic) bond motifs is 16. The van der Waals surface area contributed by atoms with E-state index in [9.17, 15) is 36.9 Å². The first-order valence-electron chi connectivity index (χ1n) is 20.1. The minimum Gasteiger partial charge on any atom is -0.484 e. The van der Waals surface area contributed by atoms with Crippen LogP contribution < -0.4 is 31.3 Å². The highest BCUT2D eigenvalue weighted by Gasteiger charge is 2.32. The number of carbonyl (C=O) groups is 5. The summed E-state index contributed by atoms with van der Waals surface area (Å²) in [5.41, 5.74) is 4.78. The molecular weight excluding hydrogens is 813 g/mol. The number of pyridine rings is 1. The Balaban J connectivity index is 1.34. The molecule has 2 aliphatic heterocycles. The Kier molecular flexibility index (Phi) is 15.5. The lowest BCUT2D eigenvalue weighted by Gasteiger charge is -2.27. The highest BCUT2D eigenvalue weighted by Crippen LogP contribution is 2.20. The second-order valence-electron chi connectivity index (χ2n) is 14.9. The third-order valence-corrected chi connectivity index (χ3v) is 10.9. The summed E-state index contributed by atoms with van der Waals surface area (Å²) in [6, 6.07) is 31.5. The van der Waals surface area contributed by atoms with E-state index in [4.69, 9.17) is 4.74 Å². The molecule has 5 aromatic rings. The summed E-state index contributed by atoms with van der Waals surface area (Å²) in [6.45, 7) is -0.877. The van der Waals surface area contributed by atoms with E-state index in [-0.39, 0.29) is 25.7 Å². The fourth-order valence-electron chi connectivity index (χ4n) is 6.89. The molecule has 16 heteroatoms. The predicted molar refractivity (Wildman–Crippen MR) is 231 cm³/mol. The van der Waals surface area contributed by atoms with Crippen LogP contribution in [-0.4, -0.2) is 90.6 Å². The Hall–Kier alpha value is -6.91. The zero-order chi connectivity index (χ0) is 43.9. The van der Waals surface area contributed by atoms with Crippen LogP contribution >= 0.6 is 0 Å². The number of aryl methyl sites for hydroxylation is 1. The minimum absolute atomic E-state index is 0.00543. The third-order valence-electron chi connectivity index (χ3n) is 10.2. The zero-order valence-corrected chi connectivity index (χ0v) is 34.6. The van der Waals surface area contributed by atoms with Gasteiger partial charge in [0, 0.05) is 38.2 Å². The largest absolute Gasteiger partial charge is 0.484 e. The van der Waals surface area contributed by atoms with E-state index in [1.54, 1.807) is 48.8 Å². The molecular formula is C46H48N6O9S. The topological polar surface area (TPSA) is 222 Å². The van der Waals surface area contributed by atoms with Crippen molar-refractivity contribution in [1.29, 1.82) is 0 Å². The Bertz CT molecular complexity index is 2400. The van der Waals surface area contributed by atoms with Crippen LogP contribution in [0.15, 0.2) is 134 Å². The van der Waals surface area contributed by atoms with E-state index < -0.39 is 82.7 Å². The molecule has 62 heavy (non-hydrogen) atoms. The molecule has 0 radical (unpaired) electrons. The Morgan fingerprint density at radius 2 is 1.23 bits per heavy atom. The molecule has 15 nitrogen and oxygen atoms in total. The number of nitrogens with one attached hydrogen (secondary N) is 5. The van der Waals surface area contributed by atoms with Gasteiger partial charge in [-0.05, 0) is 70.5 Å². The predicted octanol–water partition coefficient (Wildman–Crippen LogP) is 2.74. The number of rotatable bonds is 12. The molecule has 0 unspecified atom stereocenters. The number of nitrogens with zero attached hydrogens (tertiary/aromatic N) is 1. The number of aromatic nitrogens is 1. The average Bonchev–Trinajstić information content (AvgIpc) is 3.27. The van der Waals surface area contributed by atoms with E-state index >= 15 is 0 Å². The van der Waals surface area contributed by atoms with Crippen molar-refractivity contribution in [1.82, 2.24) is 31.6 Å². The second-order valence-corrected chi connectivity index (χ2v) is 16.4. The molecule has 4 aromatic carbocycles. The van der Waals surface area contributed by atoms with Gasteiger partial charge in [-0.1, -0.05) is 97.1 Å². The molecule has 0 fully saturated rings. The van der Waals surface area contributed by atoms with Gasteiger partial charge in [0.2, 0.25) is 23.6 Å². The van der Waals surface area contributed by atoms with Gasteiger partial charge in [0.15, 0.2) is 6.61 Å². The van der Waals surface area contributed by atoms with Crippen LogP contribution in [-0.2, 0) is 59.8 Å². The first kappa shape index (κ1) is 44.6. The lowest BCUT2D eigenvalue weighted by molar-refractivity contribution is -0.134. The fraction of sp³-hybridized carbons (Fsp3) is 0.261. The molecule has 2 aliphatic rings. The first-order valence-corrected chi connectivity index (χ1v) is 21.7. The van der Waals surface area contributed by atoms with Gasteiger partial charge in [-0.25, -0.2) is 0 Å². The van der Waals surface area contributed by atoms with Crippen molar-refractivity contribution in [2.24, 2.45) is 0 Å². The van der Waals surface area contributed by atoms with Gasteiger partial charge in [-0.2, -0.15) is 8.42 Å². The van der Waals surface area contributed by atoms with Crippen molar-refractivity contribution in [3.63, 3.8) is 0 Å². The number of hydrogen-bond donors (Lipinski definition) is 6. The van der Waals surface area contributed by atoms with Crippen molar-refractivity contribution >= 4 is 39.7 Å². The van der Waals surface area contributed by atoms with Crippen LogP contribution in [0.25, 0.3) is 11.1 Å². The summed E-state index contributed by atoms with van der Waals surface area (Å²) < 4.78 is 37.8. The summed E-state index contributed by atoms with van der Waals surface area (Å²) in [5, 5.41) is 13.7. The number of carbonyl (C=O) groups excluding carboxylic acids is 5. The SMILES string of the molecule is O=C1COc2ccc(cc2)C[C@@H](C(=O)NCCS(=O)(=O)O)NC(=O)[C@H](CCc2ccccc2)NC(=O)[C@@H](Cc2ccc(-c3ccccc3)cc2)NC(=O)[C@H](Cc2ccncc2)N1. The molecule has 322 valence electrons. The number of hydrogen-bond acceptors (Lipinski definition) is 9. The van der Waals surface area contributed by atoms with Gasteiger partial charge in [0.25, 0.3) is 16.0 Å². The van der Waals surface area contributed by atoms with Gasteiger partial charge in [-0.3, -0.25) is 33.5 Å². The molecule has 7 rings (SSSR count). The van der Waals surface area contributed by atoms with E-state index in [0.717, 1.165) is 16.7 Å². The van der Waals surface area contributed by atoms with Gasteiger partial charge < -0.3 is 31.3 Å². The molecule has 2 bridgehead atoms. The minimum atomic E-state index is -4.40. The molecule has 4 atom stereocenters. The van der Waals surface area contributed by atoms with E-state index in [0.29, 0.717) is 28.9 Å². The van der Waals surface area contributed by atoms with Crippen LogP contribution in [0.3, 0.4) is 0 Å². The van der Waals surface area contributed by atoms with Gasteiger partial charge in [0.05, 0.1) is 5.75 Å². The van der Waals surface area contributed by atoms with Gasteiger partial charge in [0.1, 0.15) is 29.9 Å². The first-order chi connectivity index (χ1) is 29.9. The van der Waals surface area contributed by atoms with Crippen molar-refractivity contribution in [2.45, 2.75) is 56.3 Å². The third kappa shape index (κ3) is 13.8. The summed E-state index contributed by atoms with van der Waals surface area (Å²) in [4.78, 5) is 74.1. The van der Waals surface area contributed by atoms with E-state index in [2.05, 4.69) is 31.6 Å². The van der Waals surface area contributed by atoms with E-state index in [1.807, 2.05) is 84.9 Å². The number of amides is 5. The highest BCUT2D eigenvalue weighted by molar-refractivity contribution is 7.85.